The Morgan fingerprint density at radius 2 is 2.12 bits per heavy atom. The molecule has 0 aliphatic carbocycles. The predicted octanol–water partition coefficient (Wildman–Crippen LogP) is 2.92. The van der Waals surface area contributed by atoms with Crippen LogP contribution in [0.2, 0.25) is 0 Å². The van der Waals surface area contributed by atoms with Crippen LogP contribution in [0.3, 0.4) is 0 Å². The molecule has 1 amide bonds. The Labute approximate surface area is 157 Å². The first kappa shape index (κ1) is 19.4. The smallest absolute Gasteiger partial charge is 0.417 e. The van der Waals surface area contributed by atoms with Gasteiger partial charge in [-0.05, 0) is 52.0 Å². The molecule has 1 N–H and O–H groups in total. The average molecular weight is 483 g/mol. The van der Waals surface area contributed by atoms with E-state index in [0.29, 0.717) is 0 Å². The number of halogens is 4. The second kappa shape index (κ2) is 7.99. The molecule has 1 heterocycles. The van der Waals surface area contributed by atoms with Gasteiger partial charge in [-0.15, -0.1) is 5.10 Å². The highest BCUT2D eigenvalue weighted by molar-refractivity contribution is 14.1. The summed E-state index contributed by atoms with van der Waals surface area (Å²) in [6.07, 6.45) is -2.33. The summed E-state index contributed by atoms with van der Waals surface area (Å²) in [5.74, 6) is -1.24. The summed E-state index contributed by atoms with van der Waals surface area (Å²) >= 11 is 2.46. The van der Waals surface area contributed by atoms with E-state index in [9.17, 15) is 22.8 Å². The second-order valence-corrected chi connectivity index (χ2v) is 6.67. The van der Waals surface area contributed by atoms with Crippen molar-refractivity contribution in [1.82, 2.24) is 5.32 Å². The van der Waals surface area contributed by atoms with Crippen LogP contribution in [-0.2, 0) is 20.5 Å². The highest BCUT2D eigenvalue weighted by atomic mass is 127. The number of carbonyl (C=O) groups is 2. The second-order valence-electron chi connectivity index (χ2n) is 4.47. The fourth-order valence-electron chi connectivity index (χ4n) is 1.63. The number of methoxy groups -OCH3 is 1. The summed E-state index contributed by atoms with van der Waals surface area (Å²) in [5.41, 5.74) is -0.562. The van der Waals surface area contributed by atoms with Gasteiger partial charge in [-0.2, -0.15) is 18.3 Å². The number of nitrogens with one attached hydrogen (secondary N) is 1. The van der Waals surface area contributed by atoms with E-state index in [1.165, 1.54) is 19.2 Å². The van der Waals surface area contributed by atoms with Gasteiger partial charge in [0.2, 0.25) is 0 Å². The normalized spacial score (nSPS) is 18.2. The van der Waals surface area contributed by atoms with E-state index in [-0.39, 0.29) is 19.2 Å². The van der Waals surface area contributed by atoms with Crippen LogP contribution in [0.4, 0.5) is 13.2 Å². The van der Waals surface area contributed by atoms with Gasteiger partial charge in [-0.1, -0.05) is 6.07 Å². The van der Waals surface area contributed by atoms with E-state index in [4.69, 9.17) is 0 Å². The van der Waals surface area contributed by atoms with Crippen molar-refractivity contribution in [2.24, 2.45) is 10.2 Å². The first-order chi connectivity index (χ1) is 11.7. The quantitative estimate of drug-likeness (QED) is 0.236. The van der Waals surface area contributed by atoms with Crippen LogP contribution in [0, 0.1) is 3.57 Å². The lowest BCUT2D eigenvalue weighted by molar-refractivity contribution is -0.138. The monoisotopic (exact) mass is 483 g/mol. The van der Waals surface area contributed by atoms with Gasteiger partial charge < -0.3 is 4.74 Å². The van der Waals surface area contributed by atoms with Gasteiger partial charge in [0.25, 0.3) is 5.91 Å². The van der Waals surface area contributed by atoms with E-state index >= 15 is 0 Å². The standard InChI is InChI=1S/C14H9F3IN3O3S/c1-24-11(22)5-10-12(23)20-13(25-10)21-19-6-7-2-3-9(18)8(4-7)14(15,16)17/h2-6H,1H3,(H,20,21,23)/b10-5+,19-6?. The Morgan fingerprint density at radius 3 is 2.76 bits per heavy atom. The van der Waals surface area contributed by atoms with Gasteiger partial charge in [0.1, 0.15) is 0 Å². The van der Waals surface area contributed by atoms with Gasteiger partial charge in [-0.25, -0.2) is 4.79 Å². The molecular weight excluding hydrogens is 474 g/mol. The fourth-order valence-corrected chi connectivity index (χ4v) is 3.01. The summed E-state index contributed by atoms with van der Waals surface area (Å²) in [4.78, 5) is 22.8. The molecule has 11 heteroatoms. The largest absolute Gasteiger partial charge is 0.466 e. The summed E-state index contributed by atoms with van der Waals surface area (Å²) < 4.78 is 43.0. The van der Waals surface area contributed by atoms with E-state index in [2.05, 4.69) is 20.3 Å². The van der Waals surface area contributed by atoms with Crippen LogP contribution < -0.4 is 5.32 Å². The summed E-state index contributed by atoms with van der Waals surface area (Å²) in [6, 6.07) is 3.74. The van der Waals surface area contributed by atoms with Crippen LogP contribution in [0.5, 0.6) is 0 Å². The zero-order chi connectivity index (χ0) is 18.6. The molecule has 2 rings (SSSR count). The van der Waals surface area contributed by atoms with Crippen molar-refractivity contribution in [2.75, 3.05) is 7.11 Å². The molecule has 0 atom stereocenters. The molecule has 0 unspecified atom stereocenters. The topological polar surface area (TPSA) is 80.1 Å². The minimum Gasteiger partial charge on any atom is -0.466 e. The van der Waals surface area contributed by atoms with Crippen molar-refractivity contribution in [2.45, 2.75) is 6.18 Å². The van der Waals surface area contributed by atoms with Gasteiger partial charge >= 0.3 is 12.1 Å². The van der Waals surface area contributed by atoms with Gasteiger partial charge in [0.15, 0.2) is 5.17 Å². The van der Waals surface area contributed by atoms with Gasteiger partial charge in [-0.3, -0.25) is 10.1 Å². The Hall–Kier alpha value is -1.89. The molecule has 0 bridgehead atoms. The molecule has 0 spiro atoms. The first-order valence-electron chi connectivity index (χ1n) is 6.47. The number of nitrogens with zero attached hydrogens (tertiary/aromatic N) is 2. The Balaban J connectivity index is 2.14. The molecule has 0 aromatic heterocycles. The highest BCUT2D eigenvalue weighted by Gasteiger charge is 2.33. The van der Waals surface area contributed by atoms with Crippen LogP contribution in [0.1, 0.15) is 11.1 Å². The number of esters is 1. The zero-order valence-electron chi connectivity index (χ0n) is 12.4. The van der Waals surface area contributed by atoms with Crippen molar-refractivity contribution in [3.63, 3.8) is 0 Å². The minimum absolute atomic E-state index is 0.0739. The number of alkyl halides is 3. The third-order valence-electron chi connectivity index (χ3n) is 2.75. The predicted molar refractivity (Wildman–Crippen MR) is 95.0 cm³/mol. The molecule has 1 aliphatic heterocycles. The SMILES string of the molecule is COC(=O)/C=C1/S/C(=N\N=Cc2ccc(I)c(C(F)(F)F)c2)NC1=O. The number of ether oxygens (including phenoxy) is 1. The molecule has 6 nitrogen and oxygen atoms in total. The maximum absolute atomic E-state index is 12.8. The van der Waals surface area contributed by atoms with Crippen molar-refractivity contribution in [1.29, 1.82) is 0 Å². The fraction of sp³-hybridized carbons (Fsp3) is 0.143. The maximum atomic E-state index is 12.8. The lowest BCUT2D eigenvalue weighted by Gasteiger charge is -2.09. The molecular formula is C14H9F3IN3O3S. The van der Waals surface area contributed by atoms with Crippen LogP contribution in [-0.4, -0.2) is 30.4 Å². The summed E-state index contributed by atoms with van der Waals surface area (Å²) in [7, 11) is 1.17. The number of amides is 1. The number of amidine groups is 1. The van der Waals surface area contributed by atoms with Crippen molar-refractivity contribution < 1.29 is 27.5 Å². The number of hydrogen-bond acceptors (Lipinski definition) is 6. The molecule has 1 aliphatic rings. The molecule has 0 radical (unpaired) electrons. The van der Waals surface area contributed by atoms with E-state index in [0.717, 1.165) is 30.1 Å². The van der Waals surface area contributed by atoms with Crippen molar-refractivity contribution >= 4 is 57.6 Å². The molecule has 1 saturated heterocycles. The molecule has 1 fully saturated rings. The highest BCUT2D eigenvalue weighted by Crippen LogP contribution is 2.33. The molecule has 1 aromatic rings. The number of benzene rings is 1. The Morgan fingerprint density at radius 1 is 1.40 bits per heavy atom. The Kier molecular flexibility index (Phi) is 6.21. The van der Waals surface area contributed by atoms with Gasteiger partial charge in [0.05, 0.1) is 23.8 Å². The number of hydrogen-bond donors (Lipinski definition) is 1. The zero-order valence-corrected chi connectivity index (χ0v) is 15.4. The van der Waals surface area contributed by atoms with Crippen LogP contribution >= 0.6 is 34.4 Å². The first-order valence-corrected chi connectivity index (χ1v) is 8.37. The summed E-state index contributed by atoms with van der Waals surface area (Å²) in [5, 5.41) is 9.83. The van der Waals surface area contributed by atoms with E-state index in [1.54, 1.807) is 22.6 Å². The molecule has 132 valence electrons. The van der Waals surface area contributed by atoms with Gasteiger partial charge in [0, 0.05) is 9.65 Å². The van der Waals surface area contributed by atoms with E-state index in [1.807, 2.05) is 0 Å². The molecule has 1 aromatic carbocycles. The minimum atomic E-state index is -4.46. The van der Waals surface area contributed by atoms with Crippen LogP contribution in [0.15, 0.2) is 39.4 Å². The molecule has 0 saturated carbocycles. The lowest BCUT2D eigenvalue weighted by Crippen LogP contribution is -2.19. The summed E-state index contributed by atoms with van der Waals surface area (Å²) in [6.45, 7) is 0. The number of carbonyl (C=O) groups excluding carboxylic acids is 2. The van der Waals surface area contributed by atoms with Crippen molar-refractivity contribution in [3.05, 3.63) is 43.9 Å². The average Bonchev–Trinajstić information content (AvgIpc) is 2.87. The number of rotatable bonds is 3. The molecule has 25 heavy (non-hydrogen) atoms. The van der Waals surface area contributed by atoms with E-state index < -0.39 is 23.6 Å². The third-order valence-corrected chi connectivity index (χ3v) is 4.59. The lowest BCUT2D eigenvalue weighted by atomic mass is 10.1. The van der Waals surface area contributed by atoms with Crippen LogP contribution in [0.25, 0.3) is 0 Å². The maximum Gasteiger partial charge on any atom is 0.417 e. The third kappa shape index (κ3) is 5.29. The van der Waals surface area contributed by atoms with Crippen molar-refractivity contribution in [3.8, 4) is 0 Å². The Bertz CT molecular complexity index is 806. The number of thioether (sulfide) groups is 1.